The van der Waals surface area contributed by atoms with Crippen LogP contribution in [0.4, 0.5) is 9.18 Å². The van der Waals surface area contributed by atoms with Gasteiger partial charge in [-0.25, -0.2) is 14.0 Å². The molecule has 0 radical (unpaired) electrons. The third-order valence-electron chi connectivity index (χ3n) is 3.46. The van der Waals surface area contributed by atoms with Gasteiger partial charge in [0.15, 0.2) is 5.75 Å². The van der Waals surface area contributed by atoms with E-state index in [1.165, 1.54) is 0 Å². The van der Waals surface area contributed by atoms with Crippen LogP contribution >= 0.6 is 31.9 Å². The minimum absolute atomic E-state index is 0.0270. The molecule has 2 aromatic carbocycles. The lowest BCUT2D eigenvalue weighted by atomic mass is 10.0. The third-order valence-corrected chi connectivity index (χ3v) is 5.50. The first-order chi connectivity index (χ1) is 13.0. The Labute approximate surface area is 179 Å². The highest BCUT2D eigenvalue weighted by molar-refractivity contribution is 9.13. The van der Waals surface area contributed by atoms with E-state index in [0.717, 1.165) is 0 Å². The molecule has 150 valence electrons. The predicted octanol–water partition coefficient (Wildman–Crippen LogP) is 6.45. The van der Waals surface area contributed by atoms with Gasteiger partial charge in [-0.05, 0) is 71.2 Å². The second-order valence-corrected chi connectivity index (χ2v) is 8.33. The first-order valence-electron chi connectivity index (χ1n) is 8.42. The standard InChI is InChI=1S/C20H19Br2FO5/c1-5-12-13(18(24)26-11-9-7-6-8-10-11)17(15(22)14(21)16(12)23)27-19(25)28-20(2,3)4/h6-10H,5H2,1-4H3. The first-order valence-corrected chi connectivity index (χ1v) is 10.0. The van der Waals surface area contributed by atoms with Gasteiger partial charge in [-0.3, -0.25) is 0 Å². The van der Waals surface area contributed by atoms with Crippen LogP contribution in [-0.4, -0.2) is 17.7 Å². The molecule has 5 nitrogen and oxygen atoms in total. The van der Waals surface area contributed by atoms with E-state index in [9.17, 15) is 14.0 Å². The lowest BCUT2D eigenvalue weighted by molar-refractivity contribution is 0.0202. The van der Waals surface area contributed by atoms with Crippen LogP contribution < -0.4 is 9.47 Å². The van der Waals surface area contributed by atoms with Crippen LogP contribution in [0.15, 0.2) is 39.3 Å². The van der Waals surface area contributed by atoms with Gasteiger partial charge in [-0.1, -0.05) is 25.1 Å². The summed E-state index contributed by atoms with van der Waals surface area (Å²) in [6, 6.07) is 8.32. The number of hydrogen-bond donors (Lipinski definition) is 0. The fourth-order valence-electron chi connectivity index (χ4n) is 2.33. The minimum atomic E-state index is -1.03. The molecular formula is C20H19Br2FO5. The number of ether oxygens (including phenoxy) is 3. The highest BCUT2D eigenvalue weighted by Crippen LogP contribution is 2.41. The Morgan fingerprint density at radius 2 is 1.64 bits per heavy atom. The van der Waals surface area contributed by atoms with Gasteiger partial charge in [0, 0.05) is 5.56 Å². The van der Waals surface area contributed by atoms with E-state index in [1.54, 1.807) is 58.0 Å². The molecule has 0 saturated heterocycles. The van der Waals surface area contributed by atoms with E-state index in [0.29, 0.717) is 0 Å². The van der Waals surface area contributed by atoms with Gasteiger partial charge in [-0.2, -0.15) is 0 Å². The van der Waals surface area contributed by atoms with Crippen molar-refractivity contribution < 1.29 is 28.2 Å². The van der Waals surface area contributed by atoms with Crippen LogP contribution in [0.25, 0.3) is 0 Å². The maximum atomic E-state index is 14.8. The van der Waals surface area contributed by atoms with Gasteiger partial charge in [0.25, 0.3) is 0 Å². The predicted molar refractivity (Wildman–Crippen MR) is 109 cm³/mol. The van der Waals surface area contributed by atoms with Crippen molar-refractivity contribution in [3.63, 3.8) is 0 Å². The first kappa shape index (κ1) is 22.4. The van der Waals surface area contributed by atoms with Gasteiger partial charge in [0.1, 0.15) is 22.7 Å². The van der Waals surface area contributed by atoms with Crippen LogP contribution in [0.2, 0.25) is 0 Å². The molecule has 2 aromatic rings. The second kappa shape index (κ2) is 9.05. The highest BCUT2D eigenvalue weighted by Gasteiger charge is 2.30. The van der Waals surface area contributed by atoms with Crippen molar-refractivity contribution in [2.45, 2.75) is 39.7 Å². The lowest BCUT2D eigenvalue weighted by Gasteiger charge is -2.21. The van der Waals surface area contributed by atoms with Gasteiger partial charge in [0.2, 0.25) is 0 Å². The summed E-state index contributed by atoms with van der Waals surface area (Å²) in [6.07, 6.45) is -0.857. The molecule has 0 unspecified atom stereocenters. The Bertz CT molecular complexity index is 892. The van der Waals surface area contributed by atoms with Gasteiger partial charge in [0.05, 0.1) is 8.95 Å². The summed E-state index contributed by atoms with van der Waals surface area (Å²) in [4.78, 5) is 25.0. The minimum Gasteiger partial charge on any atom is -0.428 e. The van der Waals surface area contributed by atoms with Crippen molar-refractivity contribution in [2.24, 2.45) is 0 Å². The zero-order valence-electron chi connectivity index (χ0n) is 15.8. The zero-order chi connectivity index (χ0) is 21.1. The Balaban J connectivity index is 2.54. The van der Waals surface area contributed by atoms with E-state index in [1.807, 2.05) is 0 Å². The molecule has 8 heteroatoms. The van der Waals surface area contributed by atoms with Crippen LogP contribution in [-0.2, 0) is 11.2 Å². The van der Waals surface area contributed by atoms with Crippen molar-refractivity contribution in [3.05, 3.63) is 56.2 Å². The number of carbonyl (C=O) groups is 2. The Morgan fingerprint density at radius 1 is 1.04 bits per heavy atom. The van der Waals surface area contributed by atoms with Crippen LogP contribution in [0.5, 0.6) is 11.5 Å². The number of hydrogen-bond acceptors (Lipinski definition) is 5. The molecule has 0 spiro atoms. The smallest absolute Gasteiger partial charge is 0.428 e. The average Bonchev–Trinajstić information content (AvgIpc) is 2.61. The molecule has 0 fully saturated rings. The summed E-state index contributed by atoms with van der Waals surface area (Å²) in [5.41, 5.74) is -0.946. The number of carbonyl (C=O) groups excluding carboxylic acids is 2. The van der Waals surface area contributed by atoms with E-state index in [-0.39, 0.29) is 38.0 Å². The lowest BCUT2D eigenvalue weighted by Crippen LogP contribution is -2.27. The topological polar surface area (TPSA) is 61.8 Å². The van der Waals surface area contributed by atoms with Crippen LogP contribution in [0.3, 0.4) is 0 Å². The molecule has 2 rings (SSSR count). The molecule has 0 aliphatic carbocycles. The normalized spacial score (nSPS) is 11.1. The Morgan fingerprint density at radius 3 is 2.18 bits per heavy atom. The largest absolute Gasteiger partial charge is 0.514 e. The highest BCUT2D eigenvalue weighted by atomic mass is 79.9. The number of para-hydroxylation sites is 1. The fourth-order valence-corrected chi connectivity index (χ4v) is 3.20. The van der Waals surface area contributed by atoms with Gasteiger partial charge in [-0.15, -0.1) is 0 Å². The third kappa shape index (κ3) is 5.32. The van der Waals surface area contributed by atoms with Crippen molar-refractivity contribution in [1.82, 2.24) is 0 Å². The molecule has 0 amide bonds. The summed E-state index contributed by atoms with van der Waals surface area (Å²) in [6.45, 7) is 6.69. The average molecular weight is 518 g/mol. The van der Waals surface area contributed by atoms with E-state index in [2.05, 4.69) is 31.9 Å². The molecule has 0 atom stereocenters. The number of esters is 1. The molecular weight excluding hydrogens is 499 g/mol. The maximum absolute atomic E-state index is 14.8. The maximum Gasteiger partial charge on any atom is 0.514 e. The molecule has 0 aromatic heterocycles. The number of halogens is 3. The molecule has 28 heavy (non-hydrogen) atoms. The van der Waals surface area contributed by atoms with Crippen LogP contribution in [0, 0.1) is 5.82 Å². The van der Waals surface area contributed by atoms with Crippen molar-refractivity contribution in [1.29, 1.82) is 0 Å². The van der Waals surface area contributed by atoms with Gasteiger partial charge < -0.3 is 14.2 Å². The SMILES string of the molecule is CCc1c(F)c(Br)c(Br)c(OC(=O)OC(C)(C)C)c1C(=O)Oc1ccccc1. The van der Waals surface area contributed by atoms with Crippen molar-refractivity contribution in [3.8, 4) is 11.5 Å². The fraction of sp³-hybridized carbons (Fsp3) is 0.300. The monoisotopic (exact) mass is 516 g/mol. The van der Waals surface area contributed by atoms with Crippen molar-refractivity contribution >= 4 is 44.0 Å². The molecule has 0 bridgehead atoms. The summed E-state index contributed by atoms with van der Waals surface area (Å²) in [5.74, 6) is -1.41. The Kier molecular flexibility index (Phi) is 7.22. The molecule has 0 saturated carbocycles. The van der Waals surface area contributed by atoms with E-state index in [4.69, 9.17) is 14.2 Å². The second-order valence-electron chi connectivity index (χ2n) is 6.75. The zero-order valence-corrected chi connectivity index (χ0v) is 18.9. The molecule has 0 N–H and O–H groups in total. The number of benzene rings is 2. The Hall–Kier alpha value is -1.93. The number of rotatable bonds is 4. The molecule has 0 heterocycles. The van der Waals surface area contributed by atoms with Crippen LogP contribution in [0.1, 0.15) is 43.6 Å². The molecule has 0 aliphatic heterocycles. The summed E-state index contributed by atoms with van der Waals surface area (Å²) < 4.78 is 30.6. The van der Waals surface area contributed by atoms with Gasteiger partial charge >= 0.3 is 12.1 Å². The summed E-state index contributed by atoms with van der Waals surface area (Å²) in [7, 11) is 0. The van der Waals surface area contributed by atoms with E-state index < -0.39 is 23.5 Å². The molecule has 0 aliphatic rings. The summed E-state index contributed by atoms with van der Waals surface area (Å²) >= 11 is 6.30. The quantitative estimate of drug-likeness (QED) is 0.202. The summed E-state index contributed by atoms with van der Waals surface area (Å²) in [5, 5.41) is 0. The van der Waals surface area contributed by atoms with Crippen molar-refractivity contribution in [2.75, 3.05) is 0 Å². The van der Waals surface area contributed by atoms with E-state index >= 15 is 0 Å².